The van der Waals surface area contributed by atoms with E-state index < -0.39 is 0 Å². The number of carbonyl (C=O) groups is 1. The Morgan fingerprint density at radius 2 is 1.71 bits per heavy atom. The maximum absolute atomic E-state index is 11.3. The molecule has 0 heterocycles. The highest BCUT2D eigenvalue weighted by Crippen LogP contribution is 2.07. The molecule has 0 unspecified atom stereocenters. The van der Waals surface area contributed by atoms with Gasteiger partial charge in [-0.1, -0.05) is 61.6 Å². The van der Waals surface area contributed by atoms with Crippen molar-refractivity contribution in [2.75, 3.05) is 24.2 Å². The highest BCUT2D eigenvalue weighted by molar-refractivity contribution is 14.1. The second-order valence-corrected chi connectivity index (χ2v) is 5.12. The summed E-state index contributed by atoms with van der Waals surface area (Å²) in [7, 11) is 0. The predicted octanol–water partition coefficient (Wildman–Crippen LogP) is 3.73. The SMILES string of the molecule is CCCCCCCCC(=O)OCCOCCI. The van der Waals surface area contributed by atoms with E-state index in [4.69, 9.17) is 9.47 Å². The first-order chi connectivity index (χ1) is 8.31. The van der Waals surface area contributed by atoms with Crippen LogP contribution in [0.25, 0.3) is 0 Å². The fourth-order valence-electron chi connectivity index (χ4n) is 1.49. The first kappa shape index (κ1) is 17.2. The van der Waals surface area contributed by atoms with E-state index in [1.807, 2.05) is 0 Å². The second kappa shape index (κ2) is 14.2. The largest absolute Gasteiger partial charge is 0.463 e. The summed E-state index contributed by atoms with van der Waals surface area (Å²) in [6, 6.07) is 0. The molecular formula is C13H25IO3. The molecular weight excluding hydrogens is 331 g/mol. The Morgan fingerprint density at radius 3 is 2.41 bits per heavy atom. The van der Waals surface area contributed by atoms with E-state index in [9.17, 15) is 4.79 Å². The van der Waals surface area contributed by atoms with Gasteiger partial charge in [-0.2, -0.15) is 0 Å². The van der Waals surface area contributed by atoms with E-state index >= 15 is 0 Å². The van der Waals surface area contributed by atoms with Crippen molar-refractivity contribution in [3.63, 3.8) is 0 Å². The van der Waals surface area contributed by atoms with Crippen LogP contribution in [0.15, 0.2) is 0 Å². The standard InChI is InChI=1S/C13H25IO3/c1-2-3-4-5-6-7-8-13(15)17-12-11-16-10-9-14/h2-12H2,1H3. The topological polar surface area (TPSA) is 35.5 Å². The third-order valence-corrected chi connectivity index (χ3v) is 2.89. The number of carbonyl (C=O) groups excluding carboxylic acids is 1. The van der Waals surface area contributed by atoms with Crippen molar-refractivity contribution < 1.29 is 14.3 Å². The van der Waals surface area contributed by atoms with Gasteiger partial charge in [0.1, 0.15) is 6.61 Å². The molecule has 0 saturated heterocycles. The van der Waals surface area contributed by atoms with Gasteiger partial charge >= 0.3 is 5.97 Å². The Hall–Kier alpha value is 0.160. The molecule has 0 radical (unpaired) electrons. The number of esters is 1. The second-order valence-electron chi connectivity index (χ2n) is 4.04. The van der Waals surface area contributed by atoms with E-state index in [-0.39, 0.29) is 5.97 Å². The average Bonchev–Trinajstić information content (AvgIpc) is 2.33. The minimum atomic E-state index is -0.0847. The van der Waals surface area contributed by atoms with Gasteiger partial charge in [0.2, 0.25) is 0 Å². The quantitative estimate of drug-likeness (QED) is 0.231. The van der Waals surface area contributed by atoms with Gasteiger partial charge in [0, 0.05) is 10.8 Å². The van der Waals surface area contributed by atoms with Crippen LogP contribution in [-0.2, 0) is 14.3 Å². The lowest BCUT2D eigenvalue weighted by Gasteiger charge is -2.05. The molecule has 0 spiro atoms. The fourth-order valence-corrected chi connectivity index (χ4v) is 1.80. The number of unbranched alkanes of at least 4 members (excludes halogenated alkanes) is 5. The van der Waals surface area contributed by atoms with Crippen molar-refractivity contribution in [3.05, 3.63) is 0 Å². The number of halogens is 1. The summed E-state index contributed by atoms with van der Waals surface area (Å²) in [5.74, 6) is -0.0847. The summed E-state index contributed by atoms with van der Waals surface area (Å²) in [4.78, 5) is 11.3. The van der Waals surface area contributed by atoms with Crippen molar-refractivity contribution in [1.82, 2.24) is 0 Å². The zero-order chi connectivity index (χ0) is 12.8. The van der Waals surface area contributed by atoms with Gasteiger partial charge in [0.15, 0.2) is 0 Å². The maximum atomic E-state index is 11.3. The van der Waals surface area contributed by atoms with Gasteiger partial charge in [-0.15, -0.1) is 0 Å². The number of hydrogen-bond acceptors (Lipinski definition) is 3. The summed E-state index contributed by atoms with van der Waals surface area (Å²) in [6.45, 7) is 3.85. The Labute approximate surface area is 119 Å². The maximum Gasteiger partial charge on any atom is 0.305 e. The van der Waals surface area contributed by atoms with Crippen LogP contribution in [0.2, 0.25) is 0 Å². The Morgan fingerprint density at radius 1 is 1.00 bits per heavy atom. The van der Waals surface area contributed by atoms with Crippen molar-refractivity contribution in [2.24, 2.45) is 0 Å². The Bertz CT molecular complexity index is 174. The van der Waals surface area contributed by atoms with Gasteiger partial charge in [-0.05, 0) is 6.42 Å². The van der Waals surface area contributed by atoms with E-state index in [2.05, 4.69) is 29.5 Å². The predicted molar refractivity (Wildman–Crippen MR) is 78.7 cm³/mol. The molecule has 0 aromatic carbocycles. The van der Waals surface area contributed by atoms with Gasteiger partial charge in [-0.3, -0.25) is 4.79 Å². The Kier molecular flexibility index (Phi) is 14.4. The highest BCUT2D eigenvalue weighted by atomic mass is 127. The van der Waals surface area contributed by atoms with Crippen molar-refractivity contribution in [3.8, 4) is 0 Å². The zero-order valence-corrected chi connectivity index (χ0v) is 13.0. The minimum absolute atomic E-state index is 0.0847. The molecule has 0 aliphatic heterocycles. The van der Waals surface area contributed by atoms with Crippen LogP contribution in [-0.4, -0.2) is 30.2 Å². The summed E-state index contributed by atoms with van der Waals surface area (Å²) < 4.78 is 11.2. The molecule has 3 nitrogen and oxygen atoms in total. The lowest BCUT2D eigenvalue weighted by molar-refractivity contribution is -0.145. The minimum Gasteiger partial charge on any atom is -0.463 e. The highest BCUT2D eigenvalue weighted by Gasteiger charge is 2.02. The molecule has 17 heavy (non-hydrogen) atoms. The van der Waals surface area contributed by atoms with Crippen LogP contribution in [0.5, 0.6) is 0 Å². The molecule has 0 aliphatic rings. The zero-order valence-electron chi connectivity index (χ0n) is 10.9. The van der Waals surface area contributed by atoms with E-state index in [0.29, 0.717) is 19.6 Å². The number of hydrogen-bond donors (Lipinski definition) is 0. The normalized spacial score (nSPS) is 10.5. The van der Waals surface area contributed by atoms with E-state index in [1.54, 1.807) is 0 Å². The number of rotatable bonds is 12. The first-order valence-corrected chi connectivity index (χ1v) is 8.13. The van der Waals surface area contributed by atoms with E-state index in [0.717, 1.165) is 23.9 Å². The molecule has 0 N–H and O–H groups in total. The molecule has 4 heteroatoms. The average molecular weight is 356 g/mol. The lowest BCUT2D eigenvalue weighted by atomic mass is 10.1. The van der Waals surface area contributed by atoms with Crippen LogP contribution < -0.4 is 0 Å². The van der Waals surface area contributed by atoms with E-state index in [1.165, 1.54) is 25.7 Å². The molecule has 0 aliphatic carbocycles. The summed E-state index contributed by atoms with van der Waals surface area (Å²) in [5, 5.41) is 0. The van der Waals surface area contributed by atoms with Gasteiger partial charge < -0.3 is 9.47 Å². The summed E-state index contributed by atoms with van der Waals surface area (Å²) in [5.41, 5.74) is 0. The summed E-state index contributed by atoms with van der Waals surface area (Å²) in [6.07, 6.45) is 7.74. The number of ether oxygens (including phenoxy) is 2. The lowest BCUT2D eigenvalue weighted by Crippen LogP contribution is -2.11. The third kappa shape index (κ3) is 14.1. The molecule has 0 atom stereocenters. The van der Waals surface area contributed by atoms with Crippen LogP contribution >= 0.6 is 22.6 Å². The van der Waals surface area contributed by atoms with Gasteiger partial charge in [0.25, 0.3) is 0 Å². The molecule has 102 valence electrons. The molecule has 0 rings (SSSR count). The van der Waals surface area contributed by atoms with Crippen LogP contribution in [0.1, 0.15) is 51.9 Å². The molecule has 0 amide bonds. The van der Waals surface area contributed by atoms with Crippen molar-refractivity contribution >= 4 is 28.6 Å². The smallest absolute Gasteiger partial charge is 0.305 e. The molecule has 0 saturated carbocycles. The van der Waals surface area contributed by atoms with Crippen LogP contribution in [0.4, 0.5) is 0 Å². The Balaban J connectivity index is 3.12. The molecule has 0 bridgehead atoms. The third-order valence-electron chi connectivity index (χ3n) is 2.45. The van der Waals surface area contributed by atoms with Crippen LogP contribution in [0, 0.1) is 0 Å². The molecule has 0 aromatic heterocycles. The molecule has 0 fully saturated rings. The van der Waals surface area contributed by atoms with Gasteiger partial charge in [-0.25, -0.2) is 0 Å². The summed E-state index contributed by atoms with van der Waals surface area (Å²) >= 11 is 2.25. The molecule has 0 aromatic rings. The fraction of sp³-hybridized carbons (Fsp3) is 0.923. The number of alkyl halides is 1. The van der Waals surface area contributed by atoms with Crippen molar-refractivity contribution in [1.29, 1.82) is 0 Å². The first-order valence-electron chi connectivity index (χ1n) is 6.60. The van der Waals surface area contributed by atoms with Crippen LogP contribution in [0.3, 0.4) is 0 Å². The van der Waals surface area contributed by atoms with Gasteiger partial charge in [0.05, 0.1) is 13.2 Å². The monoisotopic (exact) mass is 356 g/mol. The van der Waals surface area contributed by atoms with Crippen molar-refractivity contribution in [2.45, 2.75) is 51.9 Å².